The molecule has 5 N–H and O–H groups in total. The summed E-state index contributed by atoms with van der Waals surface area (Å²) in [5.41, 5.74) is 7.58. The Hall–Kier alpha value is -2.78. The number of fused-ring (bicyclic) bond motifs is 3. The third-order valence-corrected chi connectivity index (χ3v) is 4.50. The van der Waals surface area contributed by atoms with E-state index in [1.165, 1.54) is 5.56 Å². The number of hydrogen-bond donors (Lipinski definition) is 5. The number of carboxylic acid groups (broad SMARTS) is 1. The normalized spacial score (nSPS) is 16.6. The molecule has 0 heterocycles. The van der Waals surface area contributed by atoms with Gasteiger partial charge in [0.25, 0.3) is 0 Å². The topological polar surface area (TPSA) is 136 Å². The van der Waals surface area contributed by atoms with Gasteiger partial charge in [-0.2, -0.15) is 0 Å². The van der Waals surface area contributed by atoms with E-state index in [2.05, 4.69) is 5.48 Å². The summed E-state index contributed by atoms with van der Waals surface area (Å²) < 4.78 is 0. The molecule has 2 aromatic rings. The minimum atomic E-state index is -2.25. The third-order valence-electron chi connectivity index (χ3n) is 4.50. The van der Waals surface area contributed by atoms with Crippen molar-refractivity contribution in [3.63, 3.8) is 0 Å². The van der Waals surface area contributed by atoms with E-state index in [0.29, 0.717) is 5.69 Å². The van der Waals surface area contributed by atoms with Gasteiger partial charge in [0.15, 0.2) is 18.5 Å². The molecule has 3 rings (SSSR count). The molecule has 0 aliphatic heterocycles. The summed E-state index contributed by atoms with van der Waals surface area (Å²) in [6, 6.07) is 13.5. The Morgan fingerprint density at radius 3 is 2.44 bits per heavy atom. The molecule has 2 aromatic carbocycles. The molecule has 0 fully saturated rings. The first-order chi connectivity index (χ1) is 12.9. The number of aldehydes is 1. The highest BCUT2D eigenvalue weighted by molar-refractivity contribution is 5.78. The quantitative estimate of drug-likeness (QED) is 0.282. The lowest BCUT2D eigenvalue weighted by Gasteiger charge is -2.24. The molecule has 0 saturated carbocycles. The van der Waals surface area contributed by atoms with E-state index in [1.807, 2.05) is 36.4 Å². The molecular formula is C19H19NO7. The molecule has 8 nitrogen and oxygen atoms in total. The zero-order valence-corrected chi connectivity index (χ0v) is 14.1. The van der Waals surface area contributed by atoms with Gasteiger partial charge in [-0.3, -0.25) is 10.3 Å². The molecule has 27 heavy (non-hydrogen) atoms. The molecule has 0 unspecified atom stereocenters. The molecule has 0 radical (unpaired) electrons. The molecule has 0 amide bonds. The van der Waals surface area contributed by atoms with Crippen molar-refractivity contribution in [2.24, 2.45) is 0 Å². The lowest BCUT2D eigenvalue weighted by Crippen LogP contribution is -2.49. The number of hydrogen-bond acceptors (Lipinski definition) is 7. The summed E-state index contributed by atoms with van der Waals surface area (Å²) in [6.07, 6.45) is -6.89. The van der Waals surface area contributed by atoms with Crippen molar-refractivity contribution in [1.29, 1.82) is 0 Å². The summed E-state index contributed by atoms with van der Waals surface area (Å²) >= 11 is 0. The van der Waals surface area contributed by atoms with Gasteiger partial charge in [-0.25, -0.2) is 4.79 Å². The first-order valence-corrected chi connectivity index (χ1v) is 8.27. The monoisotopic (exact) mass is 373 g/mol. The van der Waals surface area contributed by atoms with Crippen LogP contribution in [0.1, 0.15) is 11.1 Å². The van der Waals surface area contributed by atoms with E-state index in [0.717, 1.165) is 23.1 Å². The van der Waals surface area contributed by atoms with Crippen LogP contribution >= 0.6 is 0 Å². The Morgan fingerprint density at radius 1 is 1.04 bits per heavy atom. The first kappa shape index (κ1) is 19.0. The largest absolute Gasteiger partial charge is 0.479 e. The number of anilines is 1. The Morgan fingerprint density at radius 2 is 1.74 bits per heavy atom. The van der Waals surface area contributed by atoms with Crippen molar-refractivity contribution in [3.05, 3.63) is 53.6 Å². The van der Waals surface area contributed by atoms with Gasteiger partial charge in [0.1, 0.15) is 12.2 Å². The molecule has 0 saturated heterocycles. The summed E-state index contributed by atoms with van der Waals surface area (Å²) in [5.74, 6) is -1.72. The number of aliphatic carboxylic acids is 1. The Balaban J connectivity index is 1.67. The molecule has 8 heteroatoms. The second-order valence-electron chi connectivity index (χ2n) is 6.29. The third kappa shape index (κ3) is 3.83. The molecule has 0 spiro atoms. The highest BCUT2D eigenvalue weighted by atomic mass is 16.7. The zero-order chi connectivity index (χ0) is 19.6. The lowest BCUT2D eigenvalue weighted by atomic mass is 10.0. The summed E-state index contributed by atoms with van der Waals surface area (Å²) in [5, 5.41) is 37.5. The van der Waals surface area contributed by atoms with Crippen LogP contribution in [0.3, 0.4) is 0 Å². The predicted molar refractivity (Wildman–Crippen MR) is 94.9 cm³/mol. The predicted octanol–water partition coefficient (Wildman–Crippen LogP) is 0.336. The average molecular weight is 373 g/mol. The second kappa shape index (κ2) is 7.85. The van der Waals surface area contributed by atoms with Crippen molar-refractivity contribution in [1.82, 2.24) is 0 Å². The number of aliphatic hydroxyl groups excluding tert-OH is 3. The average Bonchev–Trinajstić information content (AvgIpc) is 3.04. The number of carbonyl (C=O) groups excluding carboxylic acids is 1. The highest BCUT2D eigenvalue weighted by Crippen LogP contribution is 2.37. The van der Waals surface area contributed by atoms with Gasteiger partial charge in [0, 0.05) is 0 Å². The van der Waals surface area contributed by atoms with Gasteiger partial charge in [-0.15, -0.1) is 0 Å². The number of rotatable bonds is 8. The van der Waals surface area contributed by atoms with Crippen molar-refractivity contribution in [3.8, 4) is 11.1 Å². The standard InChI is InChI=1S/C19H19NO7/c21-9-15(16(22)17(23)18(24)19(25)26)27-20-12-5-6-14-11(8-12)7-10-3-1-2-4-13(10)14/h1-6,8-9,15-18,20,22-24H,7H2,(H,25,26)/t15-,16+,17-,18-/m0/s1. The van der Waals surface area contributed by atoms with Crippen LogP contribution in [0.15, 0.2) is 42.5 Å². The Bertz CT molecular complexity index is 854. The fourth-order valence-electron chi connectivity index (χ4n) is 3.05. The van der Waals surface area contributed by atoms with Crippen LogP contribution in [0.4, 0.5) is 5.69 Å². The van der Waals surface area contributed by atoms with Gasteiger partial charge in [-0.05, 0) is 40.8 Å². The number of nitrogens with one attached hydrogen (secondary N) is 1. The van der Waals surface area contributed by atoms with E-state index in [9.17, 15) is 24.9 Å². The maximum Gasteiger partial charge on any atom is 0.335 e. The van der Waals surface area contributed by atoms with E-state index >= 15 is 0 Å². The van der Waals surface area contributed by atoms with Gasteiger partial charge in [-0.1, -0.05) is 30.3 Å². The van der Waals surface area contributed by atoms with E-state index < -0.39 is 30.4 Å². The van der Waals surface area contributed by atoms with Gasteiger partial charge in [0.05, 0.1) is 5.69 Å². The molecule has 1 aliphatic carbocycles. The molecule has 4 atom stereocenters. The van der Waals surface area contributed by atoms with Crippen molar-refractivity contribution in [2.75, 3.05) is 5.48 Å². The number of aliphatic hydroxyl groups is 3. The van der Waals surface area contributed by atoms with Crippen molar-refractivity contribution in [2.45, 2.75) is 30.8 Å². The smallest absolute Gasteiger partial charge is 0.335 e. The van der Waals surface area contributed by atoms with Crippen molar-refractivity contribution >= 4 is 17.9 Å². The van der Waals surface area contributed by atoms with E-state index in [-0.39, 0.29) is 6.29 Å². The van der Waals surface area contributed by atoms with Crippen molar-refractivity contribution < 1.29 is 34.9 Å². The minimum Gasteiger partial charge on any atom is -0.479 e. The maximum atomic E-state index is 11.1. The van der Waals surface area contributed by atoms with E-state index in [1.54, 1.807) is 6.07 Å². The molecule has 0 bridgehead atoms. The summed E-state index contributed by atoms with van der Waals surface area (Å²) in [6.45, 7) is 0. The molecular weight excluding hydrogens is 354 g/mol. The highest BCUT2D eigenvalue weighted by Gasteiger charge is 2.36. The zero-order valence-electron chi connectivity index (χ0n) is 14.1. The van der Waals surface area contributed by atoms with E-state index in [4.69, 9.17) is 9.94 Å². The van der Waals surface area contributed by atoms with Crippen LogP contribution < -0.4 is 5.48 Å². The minimum absolute atomic E-state index is 0.207. The van der Waals surface area contributed by atoms with Crippen LogP contribution in [0, 0.1) is 0 Å². The molecule has 1 aliphatic rings. The van der Waals surface area contributed by atoms with Crippen LogP contribution in [0.2, 0.25) is 0 Å². The summed E-state index contributed by atoms with van der Waals surface area (Å²) in [4.78, 5) is 26.9. The number of benzene rings is 2. The summed E-state index contributed by atoms with van der Waals surface area (Å²) in [7, 11) is 0. The van der Waals surface area contributed by atoms with Gasteiger partial charge >= 0.3 is 5.97 Å². The molecule has 0 aromatic heterocycles. The number of carbonyl (C=O) groups is 2. The Labute approximate surface area is 154 Å². The van der Waals surface area contributed by atoms with Crippen LogP contribution in [-0.4, -0.2) is 57.1 Å². The van der Waals surface area contributed by atoms with Crippen LogP contribution in [-0.2, 0) is 20.8 Å². The SMILES string of the molecule is O=C[C@H](ONc1ccc2c(c1)Cc1ccccc1-2)[C@@H](O)[C@H](O)[C@H](O)C(=O)O. The van der Waals surface area contributed by atoms with Gasteiger partial charge < -0.3 is 25.2 Å². The maximum absolute atomic E-state index is 11.1. The fourth-order valence-corrected chi connectivity index (χ4v) is 3.05. The fraction of sp³-hybridized carbons (Fsp3) is 0.263. The van der Waals surface area contributed by atoms with Crippen LogP contribution in [0.5, 0.6) is 0 Å². The number of carboxylic acids is 1. The Kier molecular flexibility index (Phi) is 5.52. The van der Waals surface area contributed by atoms with Gasteiger partial charge in [0.2, 0.25) is 0 Å². The molecule has 142 valence electrons. The lowest BCUT2D eigenvalue weighted by molar-refractivity contribution is -0.165. The van der Waals surface area contributed by atoms with Crippen LogP contribution in [0.25, 0.3) is 11.1 Å². The second-order valence-corrected chi connectivity index (χ2v) is 6.29. The first-order valence-electron chi connectivity index (χ1n) is 8.27.